The Morgan fingerprint density at radius 3 is 2.85 bits per heavy atom. The number of fused-ring (bicyclic) bond motifs is 1. The van der Waals surface area contributed by atoms with Crippen LogP contribution in [0.15, 0.2) is 29.8 Å². The molecule has 4 heteroatoms. The normalized spacial score (nSPS) is 18.1. The largest absolute Gasteiger partial charge is 0.335 e. The molecule has 1 aromatic carbocycles. The van der Waals surface area contributed by atoms with E-state index in [2.05, 4.69) is 18.3 Å². The first-order chi connectivity index (χ1) is 9.63. The molecule has 3 rings (SSSR count). The first-order valence-electron chi connectivity index (χ1n) is 7.01. The minimum absolute atomic E-state index is 0.0493. The van der Waals surface area contributed by atoms with Gasteiger partial charge in [0.15, 0.2) is 0 Å². The predicted octanol–water partition coefficient (Wildman–Crippen LogP) is 2.36. The number of amides is 2. The molecule has 0 spiro atoms. The van der Waals surface area contributed by atoms with Gasteiger partial charge in [0, 0.05) is 30.8 Å². The number of nitrogens with zero attached hydrogens (tertiary/aromatic N) is 1. The van der Waals surface area contributed by atoms with Gasteiger partial charge in [-0.25, -0.2) is 0 Å². The highest BCUT2D eigenvalue weighted by Crippen LogP contribution is 2.24. The van der Waals surface area contributed by atoms with Gasteiger partial charge in [-0.2, -0.15) is 0 Å². The molecule has 1 aromatic rings. The van der Waals surface area contributed by atoms with E-state index in [9.17, 15) is 9.59 Å². The van der Waals surface area contributed by atoms with Crippen molar-refractivity contribution in [3.63, 3.8) is 0 Å². The highest BCUT2D eigenvalue weighted by molar-refractivity contribution is 5.98. The molecule has 0 saturated carbocycles. The maximum absolute atomic E-state index is 12.5. The fraction of sp³-hybridized carbons (Fsp3) is 0.375. The predicted molar refractivity (Wildman–Crippen MR) is 77.7 cm³/mol. The zero-order valence-corrected chi connectivity index (χ0v) is 11.6. The van der Waals surface area contributed by atoms with Crippen LogP contribution in [0.4, 0.5) is 5.69 Å². The van der Waals surface area contributed by atoms with Crippen LogP contribution in [-0.4, -0.2) is 29.8 Å². The minimum Gasteiger partial charge on any atom is -0.335 e. The first kappa shape index (κ1) is 12.9. The second-order valence-electron chi connectivity index (χ2n) is 5.47. The topological polar surface area (TPSA) is 49.4 Å². The number of hydrogen-bond acceptors (Lipinski definition) is 2. The van der Waals surface area contributed by atoms with Crippen molar-refractivity contribution in [3.8, 4) is 0 Å². The number of rotatable bonds is 1. The van der Waals surface area contributed by atoms with Crippen LogP contribution in [0.25, 0.3) is 0 Å². The van der Waals surface area contributed by atoms with Crippen LogP contribution in [0.2, 0.25) is 0 Å². The number of hydrogen-bond donors (Lipinski definition) is 1. The fourth-order valence-corrected chi connectivity index (χ4v) is 2.65. The van der Waals surface area contributed by atoms with E-state index in [0.717, 1.165) is 24.2 Å². The van der Waals surface area contributed by atoms with E-state index in [0.29, 0.717) is 24.9 Å². The Hall–Kier alpha value is -2.10. The van der Waals surface area contributed by atoms with Gasteiger partial charge in [-0.1, -0.05) is 11.6 Å². The molecule has 1 N–H and O–H groups in total. The lowest BCUT2D eigenvalue weighted by atomic mass is 9.99. The summed E-state index contributed by atoms with van der Waals surface area (Å²) in [4.78, 5) is 25.7. The van der Waals surface area contributed by atoms with Crippen LogP contribution in [0.1, 0.15) is 35.7 Å². The number of anilines is 1. The molecular formula is C16H18N2O2. The van der Waals surface area contributed by atoms with Gasteiger partial charge >= 0.3 is 0 Å². The maximum atomic E-state index is 12.5. The van der Waals surface area contributed by atoms with Crippen molar-refractivity contribution in [1.82, 2.24) is 4.90 Å². The molecule has 0 saturated heterocycles. The third kappa shape index (κ3) is 2.46. The van der Waals surface area contributed by atoms with E-state index in [1.165, 1.54) is 5.57 Å². The Balaban J connectivity index is 1.81. The third-order valence-corrected chi connectivity index (χ3v) is 3.97. The van der Waals surface area contributed by atoms with Crippen molar-refractivity contribution in [2.24, 2.45) is 0 Å². The summed E-state index contributed by atoms with van der Waals surface area (Å²) in [6.45, 7) is 3.58. The van der Waals surface area contributed by atoms with Crippen molar-refractivity contribution in [3.05, 3.63) is 41.0 Å². The Labute approximate surface area is 118 Å². The molecule has 0 radical (unpaired) electrons. The molecule has 0 unspecified atom stereocenters. The quantitative estimate of drug-likeness (QED) is 0.796. The average Bonchev–Trinajstić information content (AvgIpc) is 2.47. The molecule has 2 amide bonds. The lowest BCUT2D eigenvalue weighted by Gasteiger charge is -2.26. The summed E-state index contributed by atoms with van der Waals surface area (Å²) in [5.74, 6) is 0.127. The van der Waals surface area contributed by atoms with Crippen molar-refractivity contribution in [2.75, 3.05) is 18.4 Å². The second-order valence-corrected chi connectivity index (χ2v) is 5.47. The summed E-state index contributed by atoms with van der Waals surface area (Å²) in [5.41, 5.74) is 3.96. The van der Waals surface area contributed by atoms with Crippen molar-refractivity contribution in [1.29, 1.82) is 0 Å². The Bertz CT molecular complexity index is 604. The molecule has 0 aromatic heterocycles. The lowest BCUT2D eigenvalue weighted by molar-refractivity contribution is -0.116. The molecule has 4 nitrogen and oxygen atoms in total. The van der Waals surface area contributed by atoms with E-state index in [4.69, 9.17) is 0 Å². The fourth-order valence-electron chi connectivity index (χ4n) is 2.65. The highest BCUT2D eigenvalue weighted by Gasteiger charge is 2.20. The molecule has 0 aliphatic carbocycles. The van der Waals surface area contributed by atoms with Gasteiger partial charge in [0.05, 0.1) is 0 Å². The molecule has 20 heavy (non-hydrogen) atoms. The van der Waals surface area contributed by atoms with Gasteiger partial charge in [0.2, 0.25) is 5.91 Å². The van der Waals surface area contributed by atoms with Gasteiger partial charge in [-0.15, -0.1) is 0 Å². The van der Waals surface area contributed by atoms with Crippen molar-refractivity contribution < 1.29 is 9.59 Å². The molecule has 2 aliphatic heterocycles. The van der Waals surface area contributed by atoms with Gasteiger partial charge in [0.1, 0.15) is 0 Å². The standard InChI is InChI=1S/C16H18N2O2/c1-11-6-8-18(9-7-11)16(20)13-2-4-14-12(10-13)3-5-15(19)17-14/h2,4,6,10H,3,5,7-9H2,1H3,(H,17,19). The molecule has 2 heterocycles. The molecular weight excluding hydrogens is 252 g/mol. The van der Waals surface area contributed by atoms with Crippen molar-refractivity contribution >= 4 is 17.5 Å². The van der Waals surface area contributed by atoms with Crippen LogP contribution in [0, 0.1) is 0 Å². The van der Waals surface area contributed by atoms with Crippen LogP contribution in [0.5, 0.6) is 0 Å². The van der Waals surface area contributed by atoms with Crippen LogP contribution >= 0.6 is 0 Å². The summed E-state index contributed by atoms with van der Waals surface area (Å²) in [6, 6.07) is 5.56. The molecule has 104 valence electrons. The SMILES string of the molecule is CC1=CCN(C(=O)c2ccc3c(c2)CCC(=O)N3)CC1. The summed E-state index contributed by atoms with van der Waals surface area (Å²) >= 11 is 0. The summed E-state index contributed by atoms with van der Waals surface area (Å²) in [6.07, 6.45) is 4.27. The number of benzene rings is 1. The maximum Gasteiger partial charge on any atom is 0.254 e. The molecule has 2 aliphatic rings. The smallest absolute Gasteiger partial charge is 0.254 e. The summed E-state index contributed by atoms with van der Waals surface area (Å²) in [7, 11) is 0. The third-order valence-electron chi connectivity index (χ3n) is 3.97. The number of aryl methyl sites for hydroxylation is 1. The van der Waals surface area contributed by atoms with Crippen LogP contribution in [-0.2, 0) is 11.2 Å². The minimum atomic E-state index is 0.0493. The van der Waals surface area contributed by atoms with E-state index in [1.807, 2.05) is 17.0 Å². The summed E-state index contributed by atoms with van der Waals surface area (Å²) < 4.78 is 0. The molecule has 0 bridgehead atoms. The van der Waals surface area contributed by atoms with Gasteiger partial charge in [0.25, 0.3) is 5.91 Å². The van der Waals surface area contributed by atoms with E-state index in [-0.39, 0.29) is 11.8 Å². The monoisotopic (exact) mass is 270 g/mol. The molecule has 0 atom stereocenters. The van der Waals surface area contributed by atoms with Crippen LogP contribution in [0.3, 0.4) is 0 Å². The lowest BCUT2D eigenvalue weighted by Crippen LogP contribution is -2.34. The number of carbonyl (C=O) groups is 2. The van der Waals surface area contributed by atoms with Crippen LogP contribution < -0.4 is 5.32 Å². The van der Waals surface area contributed by atoms with Gasteiger partial charge in [-0.05, 0) is 43.5 Å². The van der Waals surface area contributed by atoms with E-state index >= 15 is 0 Å². The number of carbonyl (C=O) groups excluding carboxylic acids is 2. The zero-order valence-electron chi connectivity index (χ0n) is 11.6. The van der Waals surface area contributed by atoms with Gasteiger partial charge in [-0.3, -0.25) is 9.59 Å². The zero-order chi connectivity index (χ0) is 14.1. The van der Waals surface area contributed by atoms with Crippen molar-refractivity contribution in [2.45, 2.75) is 26.2 Å². The highest BCUT2D eigenvalue weighted by atomic mass is 16.2. The Morgan fingerprint density at radius 1 is 1.25 bits per heavy atom. The van der Waals surface area contributed by atoms with E-state index < -0.39 is 0 Å². The summed E-state index contributed by atoms with van der Waals surface area (Å²) in [5, 5.41) is 2.84. The van der Waals surface area contributed by atoms with E-state index in [1.54, 1.807) is 6.07 Å². The average molecular weight is 270 g/mol. The van der Waals surface area contributed by atoms with Gasteiger partial charge < -0.3 is 10.2 Å². The Kier molecular flexibility index (Phi) is 3.30. The molecule has 0 fully saturated rings. The Morgan fingerprint density at radius 2 is 2.10 bits per heavy atom. The first-order valence-corrected chi connectivity index (χ1v) is 7.01. The second kappa shape index (κ2) is 5.12. The number of nitrogens with one attached hydrogen (secondary N) is 1.